The third-order valence-electron chi connectivity index (χ3n) is 3.70. The Morgan fingerprint density at radius 3 is 2.72 bits per heavy atom. The molecule has 0 radical (unpaired) electrons. The van der Waals surface area contributed by atoms with Gasteiger partial charge in [-0.15, -0.1) is 0 Å². The van der Waals surface area contributed by atoms with E-state index in [1.54, 1.807) is 6.07 Å². The molecule has 0 unspecified atom stereocenters. The molecule has 18 heavy (non-hydrogen) atoms. The second-order valence-electron chi connectivity index (χ2n) is 4.93. The summed E-state index contributed by atoms with van der Waals surface area (Å²) in [5.74, 6) is 2.06. The van der Waals surface area contributed by atoms with E-state index in [9.17, 15) is 4.79 Å². The van der Waals surface area contributed by atoms with Crippen molar-refractivity contribution >= 4 is 5.91 Å². The summed E-state index contributed by atoms with van der Waals surface area (Å²) >= 11 is 0. The molecular formula is C14H22N2O2. The number of carbonyl (C=O) groups is 1. The van der Waals surface area contributed by atoms with E-state index in [4.69, 9.17) is 10.2 Å². The summed E-state index contributed by atoms with van der Waals surface area (Å²) in [4.78, 5) is 14.1. The molecule has 2 heterocycles. The summed E-state index contributed by atoms with van der Waals surface area (Å²) < 4.78 is 5.51. The summed E-state index contributed by atoms with van der Waals surface area (Å²) in [5, 5.41) is 0. The number of aryl methyl sites for hydroxylation is 1. The third kappa shape index (κ3) is 2.93. The molecule has 0 saturated carbocycles. The van der Waals surface area contributed by atoms with Gasteiger partial charge in [0.2, 0.25) is 0 Å². The van der Waals surface area contributed by atoms with Crippen LogP contribution in [0.15, 0.2) is 16.5 Å². The maximum atomic E-state index is 12.2. The molecule has 0 spiro atoms. The monoisotopic (exact) mass is 250 g/mol. The van der Waals surface area contributed by atoms with E-state index in [1.165, 1.54) is 0 Å². The molecule has 1 aliphatic heterocycles. The lowest BCUT2D eigenvalue weighted by molar-refractivity contribution is 0.0654. The highest BCUT2D eigenvalue weighted by molar-refractivity contribution is 5.91. The number of piperidine rings is 1. The highest BCUT2D eigenvalue weighted by atomic mass is 16.4. The first-order valence-electron chi connectivity index (χ1n) is 6.82. The van der Waals surface area contributed by atoms with Gasteiger partial charge in [0, 0.05) is 19.5 Å². The Hall–Kier alpha value is -1.29. The number of nitrogens with two attached hydrogens (primary N) is 1. The number of furan rings is 1. The lowest BCUT2D eigenvalue weighted by Gasteiger charge is -2.31. The minimum atomic E-state index is 0.0286. The minimum absolute atomic E-state index is 0.0286. The predicted octanol–water partition coefficient (Wildman–Crippen LogP) is 2.04. The Kier molecular flexibility index (Phi) is 4.42. The Labute approximate surface area is 108 Å². The van der Waals surface area contributed by atoms with Crippen molar-refractivity contribution in [1.29, 1.82) is 0 Å². The van der Waals surface area contributed by atoms with Crippen LogP contribution in [-0.2, 0) is 6.42 Å². The van der Waals surface area contributed by atoms with Gasteiger partial charge in [-0.05, 0) is 43.9 Å². The topological polar surface area (TPSA) is 59.5 Å². The SMILES string of the molecule is CCc1ccc(C(=O)N2CCC(CCN)CC2)o1. The van der Waals surface area contributed by atoms with Crippen LogP contribution >= 0.6 is 0 Å². The van der Waals surface area contributed by atoms with Crippen molar-refractivity contribution < 1.29 is 9.21 Å². The summed E-state index contributed by atoms with van der Waals surface area (Å²) in [5.41, 5.74) is 5.57. The number of hydrogen-bond donors (Lipinski definition) is 1. The van der Waals surface area contributed by atoms with Gasteiger partial charge in [-0.3, -0.25) is 4.79 Å². The van der Waals surface area contributed by atoms with Crippen LogP contribution in [0.5, 0.6) is 0 Å². The molecule has 0 aromatic carbocycles. The van der Waals surface area contributed by atoms with Gasteiger partial charge in [0.15, 0.2) is 5.76 Å². The maximum absolute atomic E-state index is 12.2. The van der Waals surface area contributed by atoms with Crippen LogP contribution in [0.2, 0.25) is 0 Å². The first kappa shape index (κ1) is 13.1. The van der Waals surface area contributed by atoms with Crippen molar-refractivity contribution in [2.45, 2.75) is 32.6 Å². The molecule has 1 amide bonds. The molecule has 2 rings (SSSR count). The Balaban J connectivity index is 1.91. The smallest absolute Gasteiger partial charge is 0.289 e. The highest BCUT2D eigenvalue weighted by Gasteiger charge is 2.24. The molecule has 0 bridgehead atoms. The van der Waals surface area contributed by atoms with E-state index in [1.807, 2.05) is 17.9 Å². The van der Waals surface area contributed by atoms with Crippen molar-refractivity contribution in [3.05, 3.63) is 23.7 Å². The zero-order chi connectivity index (χ0) is 13.0. The fourth-order valence-corrected chi connectivity index (χ4v) is 2.50. The van der Waals surface area contributed by atoms with E-state index < -0.39 is 0 Å². The number of likely N-dealkylation sites (tertiary alicyclic amines) is 1. The van der Waals surface area contributed by atoms with Gasteiger partial charge in [0.25, 0.3) is 5.91 Å². The molecule has 0 aliphatic carbocycles. The average molecular weight is 250 g/mol. The van der Waals surface area contributed by atoms with Crippen molar-refractivity contribution in [1.82, 2.24) is 4.90 Å². The average Bonchev–Trinajstić information content (AvgIpc) is 2.88. The fraction of sp³-hybridized carbons (Fsp3) is 0.643. The molecule has 1 saturated heterocycles. The van der Waals surface area contributed by atoms with E-state index in [0.717, 1.165) is 51.1 Å². The van der Waals surface area contributed by atoms with Crippen LogP contribution in [0.4, 0.5) is 0 Å². The fourth-order valence-electron chi connectivity index (χ4n) is 2.50. The second kappa shape index (κ2) is 6.05. The van der Waals surface area contributed by atoms with Crippen molar-refractivity contribution in [2.24, 2.45) is 11.7 Å². The second-order valence-corrected chi connectivity index (χ2v) is 4.93. The predicted molar refractivity (Wildman–Crippen MR) is 70.4 cm³/mol. The standard InChI is InChI=1S/C14H22N2O2/c1-2-12-3-4-13(18-12)14(17)16-9-6-11(5-8-15)7-10-16/h3-4,11H,2,5-10,15H2,1H3. The van der Waals surface area contributed by atoms with Crippen LogP contribution in [0, 0.1) is 5.92 Å². The lowest BCUT2D eigenvalue weighted by Crippen LogP contribution is -2.38. The van der Waals surface area contributed by atoms with Gasteiger partial charge in [-0.1, -0.05) is 6.92 Å². The quantitative estimate of drug-likeness (QED) is 0.889. The summed E-state index contributed by atoms with van der Waals surface area (Å²) in [6.07, 6.45) is 4.02. The molecule has 4 heteroatoms. The molecule has 1 aromatic rings. The normalized spacial score (nSPS) is 17.1. The molecule has 0 atom stereocenters. The Morgan fingerprint density at radius 2 is 2.17 bits per heavy atom. The van der Waals surface area contributed by atoms with Gasteiger partial charge in [-0.25, -0.2) is 0 Å². The highest BCUT2D eigenvalue weighted by Crippen LogP contribution is 2.21. The van der Waals surface area contributed by atoms with E-state index >= 15 is 0 Å². The van der Waals surface area contributed by atoms with Gasteiger partial charge in [0.1, 0.15) is 5.76 Å². The van der Waals surface area contributed by atoms with Gasteiger partial charge in [0.05, 0.1) is 0 Å². The Morgan fingerprint density at radius 1 is 1.44 bits per heavy atom. The van der Waals surface area contributed by atoms with Crippen LogP contribution < -0.4 is 5.73 Å². The molecule has 1 aliphatic rings. The number of amides is 1. The van der Waals surface area contributed by atoms with Crippen molar-refractivity contribution in [3.8, 4) is 0 Å². The summed E-state index contributed by atoms with van der Waals surface area (Å²) in [6.45, 7) is 4.42. The van der Waals surface area contributed by atoms with E-state index in [-0.39, 0.29) is 5.91 Å². The van der Waals surface area contributed by atoms with E-state index in [0.29, 0.717) is 11.7 Å². The Bertz CT molecular complexity index is 392. The van der Waals surface area contributed by atoms with Crippen molar-refractivity contribution in [2.75, 3.05) is 19.6 Å². The minimum Gasteiger partial charge on any atom is -0.456 e. The molecule has 100 valence electrons. The lowest BCUT2D eigenvalue weighted by atomic mass is 9.93. The van der Waals surface area contributed by atoms with Crippen LogP contribution in [0.1, 0.15) is 42.5 Å². The molecule has 1 fully saturated rings. The van der Waals surface area contributed by atoms with Gasteiger partial charge >= 0.3 is 0 Å². The number of rotatable bonds is 4. The zero-order valence-corrected chi connectivity index (χ0v) is 11.0. The van der Waals surface area contributed by atoms with Gasteiger partial charge in [-0.2, -0.15) is 0 Å². The van der Waals surface area contributed by atoms with Crippen LogP contribution in [0.3, 0.4) is 0 Å². The molecule has 4 nitrogen and oxygen atoms in total. The van der Waals surface area contributed by atoms with Crippen LogP contribution in [0.25, 0.3) is 0 Å². The number of hydrogen-bond acceptors (Lipinski definition) is 3. The molecular weight excluding hydrogens is 228 g/mol. The number of carbonyl (C=O) groups excluding carboxylic acids is 1. The third-order valence-corrected chi connectivity index (χ3v) is 3.70. The maximum Gasteiger partial charge on any atom is 0.289 e. The molecule has 2 N–H and O–H groups in total. The first-order valence-corrected chi connectivity index (χ1v) is 6.82. The molecule has 1 aromatic heterocycles. The van der Waals surface area contributed by atoms with Crippen molar-refractivity contribution in [3.63, 3.8) is 0 Å². The largest absolute Gasteiger partial charge is 0.456 e. The first-order chi connectivity index (χ1) is 8.74. The van der Waals surface area contributed by atoms with Gasteiger partial charge < -0.3 is 15.1 Å². The van der Waals surface area contributed by atoms with E-state index in [2.05, 4.69) is 0 Å². The number of nitrogens with zero attached hydrogens (tertiary/aromatic N) is 1. The van der Waals surface area contributed by atoms with Crippen LogP contribution in [-0.4, -0.2) is 30.4 Å². The summed E-state index contributed by atoms with van der Waals surface area (Å²) in [7, 11) is 0. The summed E-state index contributed by atoms with van der Waals surface area (Å²) in [6, 6.07) is 3.67. The zero-order valence-electron chi connectivity index (χ0n) is 11.0.